The van der Waals surface area contributed by atoms with Gasteiger partial charge in [0.1, 0.15) is 22.7 Å². The number of fused-ring (bicyclic) bond motifs is 6. The molecule has 4 atom stereocenters. The summed E-state index contributed by atoms with van der Waals surface area (Å²) >= 11 is 0. The van der Waals surface area contributed by atoms with Gasteiger partial charge in [-0.05, 0) is 73.2 Å². The van der Waals surface area contributed by atoms with Gasteiger partial charge in [0.15, 0.2) is 11.3 Å². The van der Waals surface area contributed by atoms with E-state index in [9.17, 15) is 14.7 Å². The maximum Gasteiger partial charge on any atom is 0.225 e. The topological polar surface area (TPSA) is 190 Å². The van der Waals surface area contributed by atoms with E-state index >= 15 is 0 Å². The summed E-state index contributed by atoms with van der Waals surface area (Å²) in [5.41, 5.74) is 11.4. The SMILES string of the molecule is CC(=O)N1CCN(c2ncc(-c3ccc4nc5n(c4n3)[C@@H](c3cccc(CO)c3)CC5)cn2)C[C@H]1C.COCc1cccc([C@H]2CCc3nc4ccc(-c5cnc(N6CCN(C(C)=O)[C@H](C)C6)nc5)nc4n32)c1. The van der Waals surface area contributed by atoms with Crippen LogP contribution in [0, 0.1) is 0 Å². The number of methoxy groups -OCH3 is 1. The maximum absolute atomic E-state index is 11.8. The van der Waals surface area contributed by atoms with E-state index in [1.807, 2.05) is 71.0 Å². The van der Waals surface area contributed by atoms with Gasteiger partial charge in [0.2, 0.25) is 23.7 Å². The number of amides is 2. The predicted octanol–water partition coefficient (Wildman–Crippen LogP) is 6.60. The lowest BCUT2D eigenvalue weighted by Gasteiger charge is -2.39. The number of aliphatic hydroxyl groups is 1. The van der Waals surface area contributed by atoms with Crippen LogP contribution in [0.4, 0.5) is 11.9 Å². The summed E-state index contributed by atoms with van der Waals surface area (Å²) in [6.07, 6.45) is 11.1. The summed E-state index contributed by atoms with van der Waals surface area (Å²) in [7, 11) is 1.72. The fraction of sp³-hybridized carbons (Fsp3) is 0.382. The van der Waals surface area contributed by atoms with Crippen molar-refractivity contribution in [1.29, 1.82) is 0 Å². The lowest BCUT2D eigenvalue weighted by atomic mass is 10.0. The number of ether oxygens (including phenoxy) is 1. The van der Waals surface area contributed by atoms with Crippen molar-refractivity contribution in [3.8, 4) is 22.5 Å². The minimum absolute atomic E-state index is 0.0296. The number of hydrogen-bond acceptors (Lipinski definition) is 14. The molecule has 18 heteroatoms. The van der Waals surface area contributed by atoms with Crippen molar-refractivity contribution in [3.05, 3.63) is 131 Å². The second-order valence-corrected chi connectivity index (χ2v) is 19.6. The van der Waals surface area contributed by atoms with Crippen molar-refractivity contribution < 1.29 is 19.4 Å². The number of imidazole rings is 2. The van der Waals surface area contributed by atoms with Crippen molar-refractivity contribution in [3.63, 3.8) is 0 Å². The Morgan fingerprint density at radius 2 is 1.05 bits per heavy atom. The lowest BCUT2D eigenvalue weighted by molar-refractivity contribution is -0.132. The van der Waals surface area contributed by atoms with Crippen molar-refractivity contribution in [2.45, 2.75) is 90.8 Å². The Morgan fingerprint density at radius 1 is 0.603 bits per heavy atom. The number of carbonyl (C=O) groups is 2. The summed E-state index contributed by atoms with van der Waals surface area (Å²) in [5.74, 6) is 3.69. The van der Waals surface area contributed by atoms with Crippen molar-refractivity contribution in [1.82, 2.24) is 58.8 Å². The number of piperazine rings is 2. The monoisotopic (exact) mass is 980 g/mol. The Hall–Kier alpha value is -7.70. The minimum atomic E-state index is 0.0296. The smallest absolute Gasteiger partial charge is 0.225 e. The van der Waals surface area contributed by atoms with E-state index < -0.39 is 0 Å². The van der Waals surface area contributed by atoms with Gasteiger partial charge < -0.3 is 38.6 Å². The van der Waals surface area contributed by atoms with E-state index in [1.165, 1.54) is 16.7 Å². The number of aryl methyl sites for hydroxylation is 2. The Labute approximate surface area is 423 Å². The lowest BCUT2D eigenvalue weighted by Crippen LogP contribution is -2.53. The van der Waals surface area contributed by atoms with Gasteiger partial charge >= 0.3 is 0 Å². The average molecular weight is 981 g/mol. The first-order chi connectivity index (χ1) is 35.5. The van der Waals surface area contributed by atoms with Crippen LogP contribution in [0.5, 0.6) is 0 Å². The van der Waals surface area contributed by atoms with Crippen LogP contribution in [0.2, 0.25) is 0 Å². The van der Waals surface area contributed by atoms with E-state index in [4.69, 9.17) is 24.7 Å². The quantitative estimate of drug-likeness (QED) is 0.163. The zero-order chi connectivity index (χ0) is 50.3. The second-order valence-electron chi connectivity index (χ2n) is 19.6. The number of anilines is 2. The van der Waals surface area contributed by atoms with Gasteiger partial charge in [0.25, 0.3) is 0 Å². The summed E-state index contributed by atoms with van der Waals surface area (Å²) in [6, 6.07) is 25.3. The molecule has 4 aliphatic heterocycles. The molecule has 0 unspecified atom stereocenters. The molecule has 2 amide bonds. The zero-order valence-electron chi connectivity index (χ0n) is 42.0. The van der Waals surface area contributed by atoms with E-state index in [0.29, 0.717) is 44.7 Å². The molecule has 2 aromatic carbocycles. The van der Waals surface area contributed by atoms with Crippen LogP contribution in [0.3, 0.4) is 0 Å². The Balaban J connectivity index is 0.000000157. The number of carbonyl (C=O) groups excluding carboxylic acids is 2. The molecule has 0 bridgehead atoms. The van der Waals surface area contributed by atoms with Gasteiger partial charge in [0.05, 0.1) is 36.7 Å². The maximum atomic E-state index is 11.8. The van der Waals surface area contributed by atoms with Gasteiger partial charge in [-0.25, -0.2) is 39.9 Å². The third kappa shape index (κ3) is 9.36. The fourth-order valence-corrected chi connectivity index (χ4v) is 11.2. The molecule has 10 heterocycles. The largest absolute Gasteiger partial charge is 0.392 e. The van der Waals surface area contributed by atoms with Crippen LogP contribution in [0.1, 0.15) is 86.5 Å². The molecule has 8 aromatic rings. The molecule has 0 saturated carbocycles. The molecule has 4 aliphatic rings. The molecular weight excluding hydrogens is 921 g/mol. The highest BCUT2D eigenvalue weighted by Gasteiger charge is 2.32. The zero-order valence-corrected chi connectivity index (χ0v) is 42.0. The van der Waals surface area contributed by atoms with Gasteiger partial charge in [-0.2, -0.15) is 0 Å². The molecule has 6 aromatic heterocycles. The highest BCUT2D eigenvalue weighted by molar-refractivity contribution is 5.78. The summed E-state index contributed by atoms with van der Waals surface area (Å²) in [4.78, 5) is 69.9. The van der Waals surface area contributed by atoms with Crippen LogP contribution in [0.15, 0.2) is 97.6 Å². The number of rotatable bonds is 9. The van der Waals surface area contributed by atoms with Crippen LogP contribution in [0.25, 0.3) is 44.8 Å². The Bertz CT molecular complexity index is 3320. The normalized spacial score (nSPS) is 19.5. The van der Waals surface area contributed by atoms with Gasteiger partial charge in [-0.15, -0.1) is 0 Å². The number of pyridine rings is 2. The fourth-order valence-electron chi connectivity index (χ4n) is 11.2. The van der Waals surface area contributed by atoms with Crippen LogP contribution >= 0.6 is 0 Å². The molecule has 18 nitrogen and oxygen atoms in total. The number of hydrogen-bond donors (Lipinski definition) is 1. The molecule has 0 spiro atoms. The summed E-state index contributed by atoms with van der Waals surface area (Å²) in [5, 5.41) is 9.58. The van der Waals surface area contributed by atoms with Crippen LogP contribution in [-0.4, -0.2) is 134 Å². The highest BCUT2D eigenvalue weighted by atomic mass is 16.5. The first-order valence-corrected chi connectivity index (χ1v) is 25.3. The first-order valence-electron chi connectivity index (χ1n) is 25.3. The standard InChI is InChI=1S/C28H31N7O2.C27H29N7O2/c1-18-16-33(11-12-34(18)19(2)36)28-29-14-22(15-30-28)23-7-8-24-27(32-23)35-25(9-10-26(35)31-24)21-6-4-5-20(13-21)17-37-3;1-17-15-32(10-11-33(17)18(2)36)27-28-13-21(14-29-27)22-6-7-23-26(31-22)34-24(8-9-25(34)30-23)20-5-3-4-19(12-20)16-35/h4-8,13-15,18,25H,9-12,16-17H2,1-3H3;3-7,12-14,17,24,35H,8-11,15-16H2,1-2H3/t18-,25-;17-,24-/m11/s1. The second kappa shape index (κ2) is 20.1. The molecule has 2 fully saturated rings. The molecule has 1 N–H and O–H groups in total. The predicted molar refractivity (Wildman–Crippen MR) is 278 cm³/mol. The number of benzene rings is 2. The van der Waals surface area contributed by atoms with Crippen LogP contribution in [-0.2, 0) is 40.4 Å². The molecule has 0 radical (unpaired) electrons. The Kier molecular flexibility index (Phi) is 13.1. The molecular formula is C55H60N14O4. The molecule has 374 valence electrons. The van der Waals surface area contributed by atoms with Gasteiger partial charge in [-0.3, -0.25) is 9.59 Å². The Morgan fingerprint density at radius 3 is 1.48 bits per heavy atom. The van der Waals surface area contributed by atoms with E-state index in [2.05, 4.69) is 89.1 Å². The third-order valence-corrected chi connectivity index (χ3v) is 14.8. The molecule has 73 heavy (non-hydrogen) atoms. The van der Waals surface area contributed by atoms with E-state index in [1.54, 1.807) is 21.0 Å². The van der Waals surface area contributed by atoms with Gasteiger partial charge in [-0.1, -0.05) is 48.5 Å². The van der Waals surface area contributed by atoms with Crippen molar-refractivity contribution in [2.75, 3.05) is 56.2 Å². The number of nitrogens with zero attached hydrogens (tertiary/aromatic N) is 14. The van der Waals surface area contributed by atoms with Crippen LogP contribution < -0.4 is 9.80 Å². The summed E-state index contributed by atoms with van der Waals surface area (Å²) in [6.45, 7) is 12.2. The number of aliphatic hydroxyl groups excluding tert-OH is 1. The number of aromatic nitrogens is 10. The molecule has 0 aliphatic carbocycles. The molecule has 2 saturated heterocycles. The van der Waals surface area contributed by atoms with E-state index in [0.717, 1.165) is 101 Å². The van der Waals surface area contributed by atoms with Crippen molar-refractivity contribution in [2.24, 2.45) is 0 Å². The average Bonchev–Trinajstić information content (AvgIpc) is 4.20. The third-order valence-electron chi connectivity index (χ3n) is 14.8. The highest BCUT2D eigenvalue weighted by Crippen LogP contribution is 2.38. The minimum Gasteiger partial charge on any atom is -0.392 e. The summed E-state index contributed by atoms with van der Waals surface area (Å²) < 4.78 is 9.86. The van der Waals surface area contributed by atoms with E-state index in [-0.39, 0.29) is 42.6 Å². The first kappa shape index (κ1) is 47.6. The van der Waals surface area contributed by atoms with Crippen molar-refractivity contribution >= 4 is 46.0 Å². The van der Waals surface area contributed by atoms with Gasteiger partial charge in [0, 0.05) is 121 Å². The molecule has 12 rings (SSSR count).